The van der Waals surface area contributed by atoms with Crippen molar-refractivity contribution in [1.29, 1.82) is 0 Å². The Morgan fingerprint density at radius 2 is 1.80 bits per heavy atom. The topological polar surface area (TPSA) is 51.0 Å². The molecule has 0 saturated carbocycles. The minimum atomic E-state index is 0.761. The van der Waals surface area contributed by atoms with Crippen molar-refractivity contribution >= 4 is 0 Å². The Kier molecular flexibility index (Phi) is 4.90. The first kappa shape index (κ1) is 14.7. The summed E-state index contributed by atoms with van der Waals surface area (Å²) in [7, 11) is 0. The lowest BCUT2D eigenvalue weighted by molar-refractivity contribution is 0.535. The van der Waals surface area contributed by atoms with Crippen LogP contribution in [0.25, 0.3) is 11.4 Å². The minimum absolute atomic E-state index is 0.761. The van der Waals surface area contributed by atoms with Gasteiger partial charge in [0.15, 0.2) is 5.82 Å². The first-order valence-corrected chi connectivity index (χ1v) is 7.22. The van der Waals surface area contributed by atoms with Crippen LogP contribution >= 0.6 is 0 Å². The van der Waals surface area contributed by atoms with Crippen molar-refractivity contribution in [2.24, 2.45) is 0 Å². The zero-order chi connectivity index (χ0) is 14.5. The standard InChI is InChI=1S/C16H23N3O/c1-5-8-17-9-6-14-11(2)18-16(19-12(14)3)15-7-10-20-13(15)4/h7,10,17H,5-6,8-9H2,1-4H3. The van der Waals surface area contributed by atoms with Gasteiger partial charge in [-0.3, -0.25) is 0 Å². The van der Waals surface area contributed by atoms with Gasteiger partial charge in [0, 0.05) is 11.4 Å². The molecule has 0 aliphatic rings. The zero-order valence-electron chi connectivity index (χ0n) is 12.8. The average Bonchev–Trinajstić information content (AvgIpc) is 2.83. The molecule has 0 fully saturated rings. The summed E-state index contributed by atoms with van der Waals surface area (Å²) in [5.74, 6) is 1.62. The number of rotatable bonds is 6. The fraction of sp³-hybridized carbons (Fsp3) is 0.500. The van der Waals surface area contributed by atoms with Gasteiger partial charge in [0.2, 0.25) is 0 Å². The van der Waals surface area contributed by atoms with E-state index >= 15 is 0 Å². The first-order valence-electron chi connectivity index (χ1n) is 7.22. The predicted octanol–water partition coefficient (Wildman–Crippen LogP) is 3.20. The van der Waals surface area contributed by atoms with Gasteiger partial charge >= 0.3 is 0 Å². The molecule has 4 heteroatoms. The summed E-state index contributed by atoms with van der Waals surface area (Å²) in [5, 5.41) is 3.42. The van der Waals surface area contributed by atoms with Gasteiger partial charge in [-0.05, 0) is 58.3 Å². The highest BCUT2D eigenvalue weighted by Gasteiger charge is 2.12. The summed E-state index contributed by atoms with van der Waals surface area (Å²) in [4.78, 5) is 9.27. The van der Waals surface area contributed by atoms with E-state index in [9.17, 15) is 0 Å². The van der Waals surface area contributed by atoms with Crippen LogP contribution in [0.2, 0.25) is 0 Å². The highest BCUT2D eigenvalue weighted by molar-refractivity contribution is 5.57. The first-order chi connectivity index (χ1) is 9.63. The Morgan fingerprint density at radius 3 is 2.35 bits per heavy atom. The number of nitrogens with zero attached hydrogens (tertiary/aromatic N) is 2. The molecule has 2 aromatic heterocycles. The van der Waals surface area contributed by atoms with E-state index in [1.54, 1.807) is 6.26 Å². The average molecular weight is 273 g/mol. The van der Waals surface area contributed by atoms with Crippen LogP contribution < -0.4 is 5.32 Å². The third-order valence-electron chi connectivity index (χ3n) is 3.50. The number of aryl methyl sites for hydroxylation is 3. The predicted molar refractivity (Wildman–Crippen MR) is 80.8 cm³/mol. The van der Waals surface area contributed by atoms with Gasteiger partial charge in [0.1, 0.15) is 5.76 Å². The van der Waals surface area contributed by atoms with Crippen LogP contribution in [0.4, 0.5) is 0 Å². The third-order valence-corrected chi connectivity index (χ3v) is 3.50. The molecule has 0 spiro atoms. The lowest BCUT2D eigenvalue weighted by Gasteiger charge is -2.11. The molecule has 2 aromatic rings. The second-order valence-corrected chi connectivity index (χ2v) is 5.09. The van der Waals surface area contributed by atoms with Crippen molar-refractivity contribution < 1.29 is 4.42 Å². The van der Waals surface area contributed by atoms with Crippen LogP contribution in [-0.2, 0) is 6.42 Å². The molecule has 0 aliphatic carbocycles. The normalized spacial score (nSPS) is 11.0. The number of furan rings is 1. The van der Waals surface area contributed by atoms with E-state index in [-0.39, 0.29) is 0 Å². The Labute approximate surface area is 120 Å². The van der Waals surface area contributed by atoms with Crippen LogP contribution in [0, 0.1) is 20.8 Å². The second-order valence-electron chi connectivity index (χ2n) is 5.09. The van der Waals surface area contributed by atoms with E-state index < -0.39 is 0 Å². The molecule has 0 aliphatic heterocycles. The Bertz CT molecular complexity index is 552. The number of nitrogens with one attached hydrogen (secondary N) is 1. The quantitative estimate of drug-likeness (QED) is 0.821. The molecule has 0 saturated heterocycles. The highest BCUT2D eigenvalue weighted by atomic mass is 16.3. The van der Waals surface area contributed by atoms with Gasteiger partial charge in [-0.25, -0.2) is 9.97 Å². The summed E-state index contributed by atoms with van der Waals surface area (Å²) in [6.07, 6.45) is 3.82. The lowest BCUT2D eigenvalue weighted by Crippen LogP contribution is -2.19. The van der Waals surface area contributed by atoms with Gasteiger partial charge in [-0.15, -0.1) is 0 Å². The van der Waals surface area contributed by atoms with E-state index in [1.807, 2.05) is 13.0 Å². The van der Waals surface area contributed by atoms with E-state index in [1.165, 1.54) is 5.56 Å². The number of hydrogen-bond acceptors (Lipinski definition) is 4. The molecule has 0 bridgehead atoms. The molecular weight excluding hydrogens is 250 g/mol. The second kappa shape index (κ2) is 6.66. The van der Waals surface area contributed by atoms with Crippen molar-refractivity contribution in [1.82, 2.24) is 15.3 Å². The molecule has 0 atom stereocenters. The van der Waals surface area contributed by atoms with Crippen molar-refractivity contribution in [3.8, 4) is 11.4 Å². The van der Waals surface area contributed by atoms with Crippen LogP contribution in [0.5, 0.6) is 0 Å². The largest absolute Gasteiger partial charge is 0.469 e. The maximum atomic E-state index is 5.33. The molecule has 4 nitrogen and oxygen atoms in total. The van der Waals surface area contributed by atoms with Crippen molar-refractivity contribution in [3.63, 3.8) is 0 Å². The van der Waals surface area contributed by atoms with E-state index in [2.05, 4.69) is 36.1 Å². The fourth-order valence-electron chi connectivity index (χ4n) is 2.35. The number of hydrogen-bond donors (Lipinski definition) is 1. The molecule has 108 valence electrons. The number of aromatic nitrogens is 2. The summed E-state index contributed by atoms with van der Waals surface area (Å²) in [6, 6.07) is 1.92. The Hall–Kier alpha value is -1.68. The van der Waals surface area contributed by atoms with Crippen LogP contribution in [0.15, 0.2) is 16.7 Å². The van der Waals surface area contributed by atoms with Gasteiger partial charge in [0.25, 0.3) is 0 Å². The molecule has 2 rings (SSSR count). The van der Waals surface area contributed by atoms with Crippen LogP contribution in [-0.4, -0.2) is 23.1 Å². The molecular formula is C16H23N3O. The van der Waals surface area contributed by atoms with Crippen molar-refractivity contribution in [2.45, 2.75) is 40.5 Å². The summed E-state index contributed by atoms with van der Waals surface area (Å²) >= 11 is 0. The maximum Gasteiger partial charge on any atom is 0.163 e. The Balaban J connectivity index is 2.19. The fourth-order valence-corrected chi connectivity index (χ4v) is 2.35. The van der Waals surface area contributed by atoms with Crippen LogP contribution in [0.3, 0.4) is 0 Å². The van der Waals surface area contributed by atoms with Crippen molar-refractivity contribution in [2.75, 3.05) is 13.1 Å². The molecule has 0 unspecified atom stereocenters. The molecule has 20 heavy (non-hydrogen) atoms. The van der Waals surface area contributed by atoms with E-state index in [0.29, 0.717) is 0 Å². The van der Waals surface area contributed by atoms with Crippen LogP contribution in [0.1, 0.15) is 36.1 Å². The van der Waals surface area contributed by atoms with Gasteiger partial charge in [-0.2, -0.15) is 0 Å². The summed E-state index contributed by atoms with van der Waals surface area (Å²) < 4.78 is 5.33. The van der Waals surface area contributed by atoms with Crippen molar-refractivity contribution in [3.05, 3.63) is 35.0 Å². The highest BCUT2D eigenvalue weighted by Crippen LogP contribution is 2.23. The Morgan fingerprint density at radius 1 is 1.10 bits per heavy atom. The monoisotopic (exact) mass is 273 g/mol. The van der Waals surface area contributed by atoms with E-state index in [0.717, 1.165) is 54.5 Å². The molecule has 0 amide bonds. The SMILES string of the molecule is CCCNCCc1c(C)nc(-c2ccoc2C)nc1C. The molecule has 0 aromatic carbocycles. The third kappa shape index (κ3) is 3.25. The minimum Gasteiger partial charge on any atom is -0.469 e. The summed E-state index contributed by atoms with van der Waals surface area (Å²) in [5.41, 5.74) is 4.35. The molecule has 1 N–H and O–H groups in total. The van der Waals surface area contributed by atoms with Gasteiger partial charge in [0.05, 0.1) is 11.8 Å². The van der Waals surface area contributed by atoms with E-state index in [4.69, 9.17) is 4.42 Å². The lowest BCUT2D eigenvalue weighted by atomic mass is 10.1. The smallest absolute Gasteiger partial charge is 0.163 e. The maximum absolute atomic E-state index is 5.33. The summed E-state index contributed by atoms with van der Waals surface area (Å²) in [6.45, 7) is 10.3. The molecule has 2 heterocycles. The van der Waals surface area contributed by atoms with Gasteiger partial charge < -0.3 is 9.73 Å². The molecule has 0 radical (unpaired) electrons. The van der Waals surface area contributed by atoms with Gasteiger partial charge in [-0.1, -0.05) is 6.92 Å². The zero-order valence-corrected chi connectivity index (χ0v) is 12.8.